The molecular formula is C10H13BrN2O4. The lowest BCUT2D eigenvalue weighted by Gasteiger charge is -2.18. The summed E-state index contributed by atoms with van der Waals surface area (Å²) in [6, 6.07) is 1.54. The average Bonchev–Trinajstić information content (AvgIpc) is 2.31. The molecule has 0 saturated carbocycles. The van der Waals surface area contributed by atoms with E-state index in [-0.39, 0.29) is 17.8 Å². The Bertz CT molecular complexity index is 413. The number of hydrogen-bond acceptors (Lipinski definition) is 6. The zero-order valence-electron chi connectivity index (χ0n) is 9.13. The number of aliphatic hydroxyl groups is 2. The van der Waals surface area contributed by atoms with Gasteiger partial charge in [-0.3, -0.25) is 4.79 Å². The van der Waals surface area contributed by atoms with Gasteiger partial charge >= 0.3 is 5.97 Å². The van der Waals surface area contributed by atoms with Gasteiger partial charge in [-0.05, 0) is 22.0 Å². The molecule has 17 heavy (non-hydrogen) atoms. The number of aliphatic hydroxyl groups excluding tert-OH is 2. The van der Waals surface area contributed by atoms with Gasteiger partial charge in [0, 0.05) is 16.2 Å². The summed E-state index contributed by atoms with van der Waals surface area (Å²) in [5, 5.41) is 19.5. The van der Waals surface area contributed by atoms with E-state index in [1.54, 1.807) is 0 Å². The summed E-state index contributed by atoms with van der Waals surface area (Å²) >= 11 is 3.18. The maximum Gasteiger partial charge on any atom is 0.308 e. The van der Waals surface area contributed by atoms with Crippen molar-refractivity contribution in [3.63, 3.8) is 0 Å². The molecule has 1 aromatic heterocycles. The number of anilines is 1. The second-order valence-electron chi connectivity index (χ2n) is 3.42. The highest BCUT2D eigenvalue weighted by Crippen LogP contribution is 2.26. The van der Waals surface area contributed by atoms with Crippen LogP contribution in [0.4, 0.5) is 5.82 Å². The van der Waals surface area contributed by atoms with Crippen LogP contribution < -0.4 is 5.73 Å². The van der Waals surface area contributed by atoms with E-state index < -0.39 is 18.2 Å². The zero-order chi connectivity index (χ0) is 13.0. The maximum absolute atomic E-state index is 11.0. The summed E-state index contributed by atoms with van der Waals surface area (Å²) in [5.74, 6) is -0.511. The van der Waals surface area contributed by atoms with Crippen molar-refractivity contribution >= 4 is 27.7 Å². The van der Waals surface area contributed by atoms with Crippen LogP contribution in [0.15, 0.2) is 16.7 Å². The van der Waals surface area contributed by atoms with Gasteiger partial charge in [-0.1, -0.05) is 0 Å². The predicted molar refractivity (Wildman–Crippen MR) is 63.9 cm³/mol. The lowest BCUT2D eigenvalue weighted by atomic mass is 10.0. The molecule has 0 fully saturated rings. The van der Waals surface area contributed by atoms with Crippen molar-refractivity contribution in [2.75, 3.05) is 12.8 Å². The van der Waals surface area contributed by atoms with Crippen molar-refractivity contribution in [3.05, 3.63) is 22.3 Å². The number of nitrogens with zero attached hydrogens (tertiary/aromatic N) is 1. The van der Waals surface area contributed by atoms with E-state index in [2.05, 4.69) is 25.7 Å². The van der Waals surface area contributed by atoms with Gasteiger partial charge in [0.15, 0.2) is 0 Å². The van der Waals surface area contributed by atoms with Crippen molar-refractivity contribution in [3.8, 4) is 0 Å². The van der Waals surface area contributed by atoms with Gasteiger partial charge in [-0.25, -0.2) is 4.98 Å². The first-order valence-electron chi connectivity index (χ1n) is 4.79. The third-order valence-corrected chi connectivity index (χ3v) is 2.64. The third kappa shape index (κ3) is 3.65. The molecule has 0 radical (unpaired) electrons. The molecule has 0 aromatic carbocycles. The Morgan fingerprint density at radius 3 is 2.88 bits per heavy atom. The molecule has 0 spiro atoms. The zero-order valence-corrected chi connectivity index (χ0v) is 10.7. The van der Waals surface area contributed by atoms with Gasteiger partial charge in [0.25, 0.3) is 0 Å². The van der Waals surface area contributed by atoms with E-state index in [0.717, 1.165) is 0 Å². The summed E-state index contributed by atoms with van der Waals surface area (Å²) in [4.78, 5) is 14.8. The molecule has 7 heteroatoms. The minimum atomic E-state index is -1.29. The van der Waals surface area contributed by atoms with E-state index in [1.165, 1.54) is 19.4 Å². The van der Waals surface area contributed by atoms with Gasteiger partial charge in [-0.15, -0.1) is 0 Å². The third-order valence-electron chi connectivity index (χ3n) is 2.20. The standard InChI is InChI=1S/C10H13BrN2O4/c1-17-8(15)3-7(14)9(16)6-2-5(11)4-13-10(6)12/h2,4,7,9,14,16H,3H2,1H3,(H2,12,13). The number of pyridine rings is 1. The van der Waals surface area contributed by atoms with Crippen LogP contribution in [0.2, 0.25) is 0 Å². The molecular weight excluding hydrogens is 292 g/mol. The quantitative estimate of drug-likeness (QED) is 0.695. The first kappa shape index (κ1) is 13.9. The minimum absolute atomic E-state index is 0.101. The number of carbonyl (C=O) groups excluding carboxylic acids is 1. The molecule has 6 nitrogen and oxygen atoms in total. The minimum Gasteiger partial charge on any atom is -0.469 e. The molecule has 1 rings (SSSR count). The Balaban J connectivity index is 2.84. The van der Waals surface area contributed by atoms with Crippen molar-refractivity contribution in [2.45, 2.75) is 18.6 Å². The number of ether oxygens (including phenoxy) is 1. The van der Waals surface area contributed by atoms with Crippen molar-refractivity contribution in [1.29, 1.82) is 0 Å². The van der Waals surface area contributed by atoms with Crippen LogP contribution in [0.25, 0.3) is 0 Å². The van der Waals surface area contributed by atoms with E-state index in [9.17, 15) is 15.0 Å². The maximum atomic E-state index is 11.0. The largest absolute Gasteiger partial charge is 0.469 e. The fraction of sp³-hybridized carbons (Fsp3) is 0.400. The molecule has 0 aliphatic rings. The summed E-state index contributed by atoms with van der Waals surface area (Å²) in [6.45, 7) is 0. The van der Waals surface area contributed by atoms with Gasteiger partial charge < -0.3 is 20.7 Å². The van der Waals surface area contributed by atoms with Crippen LogP contribution in [0.5, 0.6) is 0 Å². The van der Waals surface area contributed by atoms with Crippen molar-refractivity contribution < 1.29 is 19.7 Å². The molecule has 94 valence electrons. The van der Waals surface area contributed by atoms with E-state index in [1.807, 2.05) is 0 Å². The molecule has 0 amide bonds. The van der Waals surface area contributed by atoms with Crippen LogP contribution in [0, 0.1) is 0 Å². The topological polar surface area (TPSA) is 106 Å². The second kappa shape index (κ2) is 5.95. The number of halogens is 1. The molecule has 0 aliphatic carbocycles. The Morgan fingerprint density at radius 1 is 1.65 bits per heavy atom. The summed E-state index contributed by atoms with van der Waals surface area (Å²) < 4.78 is 5.01. The van der Waals surface area contributed by atoms with Gasteiger partial charge in [0.2, 0.25) is 0 Å². The Kier molecular flexibility index (Phi) is 4.86. The first-order valence-corrected chi connectivity index (χ1v) is 5.59. The summed E-state index contributed by atoms with van der Waals surface area (Å²) in [5.41, 5.74) is 5.83. The number of methoxy groups -OCH3 is 1. The number of nitrogens with two attached hydrogens (primary N) is 1. The Labute approximate surface area is 107 Å². The smallest absolute Gasteiger partial charge is 0.308 e. The molecule has 1 aromatic rings. The lowest BCUT2D eigenvalue weighted by Crippen LogP contribution is -2.23. The second-order valence-corrected chi connectivity index (χ2v) is 4.34. The van der Waals surface area contributed by atoms with Gasteiger partial charge in [-0.2, -0.15) is 0 Å². The van der Waals surface area contributed by atoms with E-state index >= 15 is 0 Å². The first-order chi connectivity index (χ1) is 7.95. The molecule has 0 bridgehead atoms. The molecule has 0 aliphatic heterocycles. The predicted octanol–water partition coefficient (Wildman–Crippen LogP) is 0.384. The van der Waals surface area contributed by atoms with E-state index in [4.69, 9.17) is 5.73 Å². The number of carbonyl (C=O) groups is 1. The fourth-order valence-electron chi connectivity index (χ4n) is 1.28. The number of hydrogen-bond donors (Lipinski definition) is 3. The SMILES string of the molecule is COC(=O)CC(O)C(O)c1cc(Br)cnc1N. The summed E-state index contributed by atoms with van der Waals surface area (Å²) in [7, 11) is 1.20. The Morgan fingerprint density at radius 2 is 2.29 bits per heavy atom. The van der Waals surface area contributed by atoms with Gasteiger partial charge in [0.05, 0.1) is 19.6 Å². The monoisotopic (exact) mass is 304 g/mol. The van der Waals surface area contributed by atoms with Crippen molar-refractivity contribution in [1.82, 2.24) is 4.98 Å². The molecule has 2 unspecified atom stereocenters. The number of rotatable bonds is 4. The molecule has 2 atom stereocenters. The Hall–Kier alpha value is -1.18. The lowest BCUT2D eigenvalue weighted by molar-refractivity contribution is -0.144. The van der Waals surface area contributed by atoms with Crippen molar-refractivity contribution in [2.24, 2.45) is 0 Å². The number of nitrogen functional groups attached to an aromatic ring is 1. The fourth-order valence-corrected chi connectivity index (χ4v) is 1.62. The van der Waals surface area contributed by atoms with Crippen LogP contribution in [-0.2, 0) is 9.53 Å². The highest BCUT2D eigenvalue weighted by molar-refractivity contribution is 9.10. The van der Waals surface area contributed by atoms with E-state index in [0.29, 0.717) is 4.47 Å². The van der Waals surface area contributed by atoms with Crippen LogP contribution >= 0.6 is 15.9 Å². The number of aromatic nitrogens is 1. The normalized spacial score (nSPS) is 14.1. The van der Waals surface area contributed by atoms with Crippen LogP contribution in [0.1, 0.15) is 18.1 Å². The highest BCUT2D eigenvalue weighted by Gasteiger charge is 2.24. The highest BCUT2D eigenvalue weighted by atomic mass is 79.9. The molecule has 0 saturated heterocycles. The average molecular weight is 305 g/mol. The van der Waals surface area contributed by atoms with Gasteiger partial charge in [0.1, 0.15) is 11.9 Å². The summed E-state index contributed by atoms with van der Waals surface area (Å²) in [6.07, 6.45) is -1.43. The van der Waals surface area contributed by atoms with Crippen LogP contribution in [0.3, 0.4) is 0 Å². The van der Waals surface area contributed by atoms with Crippen LogP contribution in [-0.4, -0.2) is 34.4 Å². The number of esters is 1. The molecule has 4 N–H and O–H groups in total. The molecule has 1 heterocycles.